The van der Waals surface area contributed by atoms with Gasteiger partial charge in [0.1, 0.15) is 4.91 Å². The van der Waals surface area contributed by atoms with Gasteiger partial charge in [0.15, 0.2) is 0 Å². The molecule has 2 aliphatic rings. The Morgan fingerprint density at radius 3 is 2.58 bits per heavy atom. The van der Waals surface area contributed by atoms with Crippen LogP contribution in [0.2, 0.25) is 0 Å². The van der Waals surface area contributed by atoms with Crippen LogP contribution in [0.4, 0.5) is 0 Å². The Bertz CT molecular complexity index is 443. The molecule has 0 aromatic heterocycles. The zero-order chi connectivity index (χ0) is 14.4. The molecule has 0 saturated heterocycles. The second kappa shape index (κ2) is 4.70. The quantitative estimate of drug-likeness (QED) is 0.630. The van der Waals surface area contributed by atoms with Crippen molar-refractivity contribution in [1.82, 2.24) is 0 Å². The van der Waals surface area contributed by atoms with Crippen molar-refractivity contribution in [2.24, 2.45) is 16.7 Å². The van der Waals surface area contributed by atoms with Crippen LogP contribution in [0.5, 0.6) is 0 Å². The van der Waals surface area contributed by atoms with Gasteiger partial charge in [-0.2, -0.15) is 0 Å². The molecule has 5 heteroatoms. The first-order chi connectivity index (χ1) is 8.76. The minimum Gasteiger partial charge on any atom is -0.465 e. The largest absolute Gasteiger partial charge is 0.465 e. The summed E-state index contributed by atoms with van der Waals surface area (Å²) < 4.78 is 16.9. The van der Waals surface area contributed by atoms with Crippen molar-refractivity contribution >= 4 is 16.8 Å². The molecule has 0 aromatic carbocycles. The van der Waals surface area contributed by atoms with Crippen LogP contribution in [0.25, 0.3) is 0 Å². The van der Waals surface area contributed by atoms with E-state index in [-0.39, 0.29) is 15.7 Å². The molecule has 19 heavy (non-hydrogen) atoms. The van der Waals surface area contributed by atoms with Gasteiger partial charge < -0.3 is 9.84 Å². The molecule has 0 heterocycles. The fourth-order valence-electron chi connectivity index (χ4n) is 3.91. The summed E-state index contributed by atoms with van der Waals surface area (Å²) in [5, 5.41) is 10.4. The Morgan fingerprint density at radius 1 is 1.53 bits per heavy atom. The molecule has 4 nitrogen and oxygen atoms in total. The van der Waals surface area contributed by atoms with E-state index < -0.39 is 22.9 Å². The summed E-state index contributed by atoms with van der Waals surface area (Å²) in [5.41, 5.74) is -0.405. The molecule has 0 aromatic rings. The first-order valence-electron chi connectivity index (χ1n) is 6.60. The number of carbonyl (C=O) groups excluding carboxylic acids is 1. The minimum absolute atomic E-state index is 0.00442. The molecule has 2 rings (SSSR count). The normalized spacial score (nSPS) is 37.1. The average molecular weight is 286 g/mol. The standard InChI is InChI=1S/C14H22O4S/c1-9(12(16)18-4)19(17)8-14-6-5-10(7-11(14)15)13(14,2)3/h10-11,15H,1,5-8H2,2-4H3/t10-,11-,14-,19?/m1/s1. The van der Waals surface area contributed by atoms with Gasteiger partial charge in [-0.1, -0.05) is 20.4 Å². The highest BCUT2D eigenvalue weighted by molar-refractivity contribution is 7.90. The second-order valence-corrected chi connectivity index (χ2v) is 7.74. The summed E-state index contributed by atoms with van der Waals surface area (Å²) in [4.78, 5) is 11.4. The number of methoxy groups -OCH3 is 1. The van der Waals surface area contributed by atoms with Gasteiger partial charge in [-0.3, -0.25) is 4.21 Å². The van der Waals surface area contributed by atoms with Crippen LogP contribution >= 0.6 is 0 Å². The lowest BCUT2D eigenvalue weighted by Crippen LogP contribution is -2.43. The van der Waals surface area contributed by atoms with E-state index in [9.17, 15) is 14.1 Å². The summed E-state index contributed by atoms with van der Waals surface area (Å²) in [5.74, 6) is 0.145. The molecule has 0 amide bonds. The fraction of sp³-hybridized carbons (Fsp3) is 0.786. The van der Waals surface area contributed by atoms with Gasteiger partial charge in [-0.25, -0.2) is 4.79 Å². The molecule has 0 spiro atoms. The highest BCUT2D eigenvalue weighted by Crippen LogP contribution is 2.66. The van der Waals surface area contributed by atoms with Crippen molar-refractivity contribution in [1.29, 1.82) is 0 Å². The van der Waals surface area contributed by atoms with E-state index in [2.05, 4.69) is 25.2 Å². The Morgan fingerprint density at radius 2 is 2.16 bits per heavy atom. The Labute approximate surface area is 116 Å². The highest BCUT2D eigenvalue weighted by Gasteiger charge is 2.64. The van der Waals surface area contributed by atoms with Crippen LogP contribution < -0.4 is 0 Å². The van der Waals surface area contributed by atoms with Crippen LogP contribution in [0, 0.1) is 16.7 Å². The molecule has 1 unspecified atom stereocenters. The number of fused-ring (bicyclic) bond motifs is 2. The van der Waals surface area contributed by atoms with Crippen LogP contribution in [0.3, 0.4) is 0 Å². The van der Waals surface area contributed by atoms with Crippen LogP contribution in [-0.4, -0.2) is 34.3 Å². The molecule has 2 fully saturated rings. The van der Waals surface area contributed by atoms with E-state index in [4.69, 9.17) is 0 Å². The third kappa shape index (κ3) is 1.98. The molecule has 2 saturated carbocycles. The van der Waals surface area contributed by atoms with Crippen molar-refractivity contribution in [2.75, 3.05) is 12.9 Å². The first kappa shape index (κ1) is 14.7. The van der Waals surface area contributed by atoms with E-state index in [1.165, 1.54) is 7.11 Å². The summed E-state index contributed by atoms with van der Waals surface area (Å²) in [6.45, 7) is 7.84. The number of rotatable bonds is 4. The van der Waals surface area contributed by atoms with Crippen molar-refractivity contribution in [2.45, 2.75) is 39.2 Å². The van der Waals surface area contributed by atoms with Gasteiger partial charge >= 0.3 is 5.97 Å². The summed E-state index contributed by atoms with van der Waals surface area (Å²) in [6, 6.07) is 0. The summed E-state index contributed by atoms with van der Waals surface area (Å²) in [6.07, 6.45) is 2.27. The van der Waals surface area contributed by atoms with Crippen molar-refractivity contribution in [3.8, 4) is 0 Å². The Balaban J connectivity index is 2.20. The number of hydrogen-bond acceptors (Lipinski definition) is 4. The van der Waals surface area contributed by atoms with Gasteiger partial charge in [0.2, 0.25) is 0 Å². The lowest BCUT2D eigenvalue weighted by Gasteiger charge is -2.40. The molecule has 0 aliphatic heterocycles. The lowest BCUT2D eigenvalue weighted by molar-refractivity contribution is -0.135. The zero-order valence-corrected chi connectivity index (χ0v) is 12.6. The molecular weight excluding hydrogens is 264 g/mol. The zero-order valence-electron chi connectivity index (χ0n) is 11.8. The molecule has 108 valence electrons. The number of ether oxygens (including phenoxy) is 1. The maximum Gasteiger partial charge on any atom is 0.346 e. The third-order valence-corrected chi connectivity index (χ3v) is 6.96. The van der Waals surface area contributed by atoms with Gasteiger partial charge in [0, 0.05) is 11.2 Å². The first-order valence-corrected chi connectivity index (χ1v) is 7.92. The number of carbonyl (C=O) groups is 1. The topological polar surface area (TPSA) is 63.6 Å². The average Bonchev–Trinajstić information content (AvgIpc) is 2.70. The second-order valence-electron chi connectivity index (χ2n) is 6.27. The molecular formula is C14H22O4S. The molecule has 2 bridgehead atoms. The van der Waals surface area contributed by atoms with Gasteiger partial charge in [0.05, 0.1) is 24.0 Å². The predicted molar refractivity (Wildman–Crippen MR) is 73.7 cm³/mol. The smallest absolute Gasteiger partial charge is 0.346 e. The lowest BCUT2D eigenvalue weighted by atomic mass is 9.70. The van der Waals surface area contributed by atoms with Crippen molar-refractivity contribution < 1.29 is 18.8 Å². The monoisotopic (exact) mass is 286 g/mol. The number of aliphatic hydroxyl groups excluding tert-OH is 1. The fourth-order valence-corrected chi connectivity index (χ4v) is 5.53. The molecule has 2 aliphatic carbocycles. The van der Waals surface area contributed by atoms with Crippen molar-refractivity contribution in [3.63, 3.8) is 0 Å². The highest BCUT2D eigenvalue weighted by atomic mass is 32.2. The summed E-state index contributed by atoms with van der Waals surface area (Å²) >= 11 is 0. The van der Waals surface area contributed by atoms with E-state index in [0.717, 1.165) is 19.3 Å². The Hall–Kier alpha value is -0.680. The molecule has 1 N–H and O–H groups in total. The maximum atomic E-state index is 12.3. The maximum absolute atomic E-state index is 12.3. The van der Waals surface area contributed by atoms with E-state index >= 15 is 0 Å². The molecule has 0 radical (unpaired) electrons. The van der Waals surface area contributed by atoms with Gasteiger partial charge in [-0.05, 0) is 30.6 Å². The number of hydrogen-bond donors (Lipinski definition) is 1. The minimum atomic E-state index is -1.49. The Kier molecular flexibility index (Phi) is 3.64. The van der Waals surface area contributed by atoms with Crippen LogP contribution in [0.15, 0.2) is 11.5 Å². The number of esters is 1. The van der Waals surface area contributed by atoms with E-state index in [1.54, 1.807) is 0 Å². The molecule has 4 atom stereocenters. The van der Waals surface area contributed by atoms with Crippen LogP contribution in [0.1, 0.15) is 33.1 Å². The summed E-state index contributed by atoms with van der Waals surface area (Å²) in [7, 11) is -0.240. The predicted octanol–water partition coefficient (Wildman–Crippen LogP) is 1.61. The van der Waals surface area contributed by atoms with Crippen LogP contribution in [-0.2, 0) is 20.3 Å². The number of aliphatic hydroxyl groups is 1. The van der Waals surface area contributed by atoms with Crippen molar-refractivity contribution in [3.05, 3.63) is 11.5 Å². The van der Waals surface area contributed by atoms with E-state index in [1.807, 2.05) is 0 Å². The SMILES string of the molecule is C=C(C(=O)OC)S(=O)C[C@]12CC[C@H](C[C@H]1O)C2(C)C. The van der Waals surface area contributed by atoms with Gasteiger partial charge in [-0.15, -0.1) is 0 Å². The third-order valence-electron chi connectivity index (χ3n) is 5.46. The van der Waals surface area contributed by atoms with Gasteiger partial charge in [0.25, 0.3) is 0 Å². The van der Waals surface area contributed by atoms with E-state index in [0.29, 0.717) is 11.7 Å².